The molecule has 0 unspecified atom stereocenters. The second kappa shape index (κ2) is 6.69. The van der Waals surface area contributed by atoms with Gasteiger partial charge in [0.1, 0.15) is 0 Å². The molecule has 0 radical (unpaired) electrons. The van der Waals surface area contributed by atoms with Gasteiger partial charge in [-0.2, -0.15) is 12.1 Å². The molecular formula is C10H11Cl2Hf-. The summed E-state index contributed by atoms with van der Waals surface area (Å²) in [5.41, 5.74) is 1.37. The molecule has 0 aliphatic heterocycles. The molecule has 0 spiro atoms. The van der Waals surface area contributed by atoms with Crippen LogP contribution in [-0.4, -0.2) is 0 Å². The quantitative estimate of drug-likeness (QED) is 0.483. The summed E-state index contributed by atoms with van der Waals surface area (Å²) in [5, 5.41) is 2.72. The minimum atomic E-state index is 0. The monoisotopic (exact) mass is 381 g/mol. The molecule has 13 heavy (non-hydrogen) atoms. The van der Waals surface area contributed by atoms with Gasteiger partial charge < -0.3 is 0 Å². The molecule has 70 valence electrons. The molecule has 0 fully saturated rings. The maximum Gasteiger partial charge on any atom is 0 e. The van der Waals surface area contributed by atoms with Crippen LogP contribution in [0.4, 0.5) is 0 Å². The Morgan fingerprint density at radius 3 is 2.23 bits per heavy atom. The van der Waals surface area contributed by atoms with Crippen LogP contribution in [-0.2, 0) is 25.8 Å². The van der Waals surface area contributed by atoms with E-state index in [1.54, 1.807) is 0 Å². The first-order chi connectivity index (χ1) is 4.88. The molecule has 0 atom stereocenters. The van der Waals surface area contributed by atoms with Crippen molar-refractivity contribution in [2.24, 2.45) is 0 Å². The van der Waals surface area contributed by atoms with Gasteiger partial charge in [0.15, 0.2) is 0 Å². The number of hydrogen-bond acceptors (Lipinski definition) is 0. The Bertz CT molecular complexity index is 354. The maximum atomic E-state index is 2.16. The standard InChI is InChI=1S/C10H9.2ClH.Hf/c1-8-6-7-9-4-2-3-5-10(8)9;;;/h2-7H,1H3;2*1H;/q-1;;;. The average molecular weight is 381 g/mol. The second-order valence-electron chi connectivity index (χ2n) is 2.60. The molecule has 0 aromatic heterocycles. The average Bonchev–Trinajstić information content (AvgIpc) is 2.34. The maximum absolute atomic E-state index is 2.16. The van der Waals surface area contributed by atoms with Gasteiger partial charge in [-0.3, -0.25) is 0 Å². The van der Waals surface area contributed by atoms with Crippen LogP contribution < -0.4 is 0 Å². The SMILES string of the molecule is C[c-]1ccc2ccccc21.Cl.Cl.[Hf]. The summed E-state index contributed by atoms with van der Waals surface area (Å²) < 4.78 is 0. The first-order valence-electron chi connectivity index (χ1n) is 3.49. The molecule has 0 saturated carbocycles. The normalized spacial score (nSPS) is 8.08. The number of hydrogen-bond donors (Lipinski definition) is 0. The predicted octanol–water partition coefficient (Wildman–Crippen LogP) is 3.71. The molecule has 2 rings (SSSR count). The van der Waals surface area contributed by atoms with E-state index in [2.05, 4.69) is 43.3 Å². The second-order valence-corrected chi connectivity index (χ2v) is 2.60. The van der Waals surface area contributed by atoms with Crippen LogP contribution in [0.25, 0.3) is 10.8 Å². The summed E-state index contributed by atoms with van der Waals surface area (Å²) in [6, 6.07) is 12.8. The third kappa shape index (κ3) is 3.16. The van der Waals surface area contributed by atoms with Gasteiger partial charge >= 0.3 is 0 Å². The van der Waals surface area contributed by atoms with E-state index in [0.717, 1.165) is 0 Å². The zero-order valence-corrected chi connectivity index (χ0v) is 12.5. The van der Waals surface area contributed by atoms with E-state index >= 15 is 0 Å². The van der Waals surface area contributed by atoms with Crippen molar-refractivity contribution in [1.82, 2.24) is 0 Å². The van der Waals surface area contributed by atoms with Crippen molar-refractivity contribution in [1.29, 1.82) is 0 Å². The predicted molar refractivity (Wildman–Crippen MR) is 58.8 cm³/mol. The Balaban J connectivity index is 0. The minimum absolute atomic E-state index is 0. The smallest absolute Gasteiger partial charge is 0 e. The van der Waals surface area contributed by atoms with Gasteiger partial charge in [0.25, 0.3) is 0 Å². The molecule has 2 aromatic rings. The summed E-state index contributed by atoms with van der Waals surface area (Å²) in [6.45, 7) is 2.14. The summed E-state index contributed by atoms with van der Waals surface area (Å²) in [7, 11) is 0. The fraction of sp³-hybridized carbons (Fsp3) is 0.100. The van der Waals surface area contributed by atoms with Crippen LogP contribution in [0.15, 0.2) is 36.4 Å². The molecule has 0 nitrogen and oxygen atoms in total. The summed E-state index contributed by atoms with van der Waals surface area (Å²) in [5.74, 6) is 0. The van der Waals surface area contributed by atoms with Gasteiger partial charge in [-0.1, -0.05) is 13.0 Å². The molecule has 0 bridgehead atoms. The van der Waals surface area contributed by atoms with Crippen molar-refractivity contribution < 1.29 is 25.8 Å². The largest absolute Gasteiger partial charge is 0.168 e. The molecule has 0 aliphatic carbocycles. The number of halogens is 2. The van der Waals surface area contributed by atoms with Crippen molar-refractivity contribution in [2.75, 3.05) is 0 Å². The fourth-order valence-electron chi connectivity index (χ4n) is 1.31. The van der Waals surface area contributed by atoms with Crippen LogP contribution in [0.5, 0.6) is 0 Å². The van der Waals surface area contributed by atoms with Gasteiger partial charge in [0.2, 0.25) is 0 Å². The topological polar surface area (TPSA) is 0 Å². The molecule has 0 saturated heterocycles. The van der Waals surface area contributed by atoms with E-state index in [0.29, 0.717) is 0 Å². The van der Waals surface area contributed by atoms with Crippen molar-refractivity contribution >= 4 is 35.6 Å². The van der Waals surface area contributed by atoms with Crippen LogP contribution in [0.3, 0.4) is 0 Å². The zero-order chi connectivity index (χ0) is 6.97. The third-order valence-electron chi connectivity index (χ3n) is 1.90. The Labute approximate surface area is 110 Å². The van der Waals surface area contributed by atoms with Crippen molar-refractivity contribution in [3.63, 3.8) is 0 Å². The summed E-state index contributed by atoms with van der Waals surface area (Å²) >= 11 is 0. The van der Waals surface area contributed by atoms with Crippen molar-refractivity contribution in [3.05, 3.63) is 42.0 Å². The van der Waals surface area contributed by atoms with E-state index in [4.69, 9.17) is 0 Å². The first-order valence-corrected chi connectivity index (χ1v) is 3.49. The Morgan fingerprint density at radius 2 is 1.62 bits per heavy atom. The van der Waals surface area contributed by atoms with Gasteiger partial charge in [-0.25, -0.2) is 0 Å². The molecule has 3 heteroatoms. The third-order valence-corrected chi connectivity index (χ3v) is 1.90. The Hall–Kier alpha value is 0.280. The molecule has 0 aliphatic rings. The Morgan fingerprint density at radius 1 is 1.00 bits per heavy atom. The van der Waals surface area contributed by atoms with Gasteiger partial charge in [0, 0.05) is 25.8 Å². The van der Waals surface area contributed by atoms with Gasteiger partial charge in [-0.05, 0) is 0 Å². The van der Waals surface area contributed by atoms with Crippen LogP contribution >= 0.6 is 24.8 Å². The van der Waals surface area contributed by atoms with Crippen molar-refractivity contribution in [2.45, 2.75) is 6.92 Å². The number of rotatable bonds is 0. The van der Waals surface area contributed by atoms with E-state index in [1.807, 2.05) is 0 Å². The van der Waals surface area contributed by atoms with Crippen LogP contribution in [0.2, 0.25) is 0 Å². The summed E-state index contributed by atoms with van der Waals surface area (Å²) in [4.78, 5) is 0. The molecule has 0 heterocycles. The van der Waals surface area contributed by atoms with Crippen molar-refractivity contribution in [3.8, 4) is 0 Å². The zero-order valence-electron chi connectivity index (χ0n) is 7.28. The number of fused-ring (bicyclic) bond motifs is 1. The van der Waals surface area contributed by atoms with Gasteiger partial charge in [-0.15, -0.1) is 59.3 Å². The Kier molecular flexibility index (Phi) is 8.10. The van der Waals surface area contributed by atoms with E-state index in [1.165, 1.54) is 16.3 Å². The fourth-order valence-corrected chi connectivity index (χ4v) is 1.31. The van der Waals surface area contributed by atoms with E-state index < -0.39 is 0 Å². The van der Waals surface area contributed by atoms with E-state index in [9.17, 15) is 0 Å². The molecular weight excluding hydrogens is 370 g/mol. The van der Waals surface area contributed by atoms with Gasteiger partial charge in [0.05, 0.1) is 0 Å². The van der Waals surface area contributed by atoms with Crippen LogP contribution in [0.1, 0.15) is 5.56 Å². The number of benzene rings is 1. The minimum Gasteiger partial charge on any atom is -0.168 e. The van der Waals surface area contributed by atoms with E-state index in [-0.39, 0.29) is 50.7 Å². The first kappa shape index (κ1) is 15.7. The van der Waals surface area contributed by atoms with Crippen LogP contribution in [0, 0.1) is 6.92 Å². The summed E-state index contributed by atoms with van der Waals surface area (Å²) in [6.07, 6.45) is 0. The molecule has 0 amide bonds. The molecule has 0 N–H and O–H groups in total. The number of aryl methyl sites for hydroxylation is 1. The molecule has 2 aromatic carbocycles.